The number of carbonyl (C=O) groups is 2. The van der Waals surface area contributed by atoms with Crippen LogP contribution in [0.5, 0.6) is 0 Å². The zero-order valence-electron chi connectivity index (χ0n) is 15.2. The minimum Gasteiger partial charge on any atom is -0.373 e. The topological polar surface area (TPSA) is 49.4 Å². The van der Waals surface area contributed by atoms with E-state index in [1.165, 1.54) is 10.5 Å². The summed E-state index contributed by atoms with van der Waals surface area (Å²) in [6.07, 6.45) is 0.963. The van der Waals surface area contributed by atoms with Crippen molar-refractivity contribution < 1.29 is 9.59 Å². The number of hydrogen-bond acceptors (Lipinski definition) is 3. The van der Waals surface area contributed by atoms with E-state index in [0.717, 1.165) is 28.8 Å². The Balaban J connectivity index is 1.90. The highest BCUT2D eigenvalue weighted by Gasteiger charge is 2.40. The average Bonchev–Trinajstić information content (AvgIpc) is 2.84. The molecular formula is C21H24N2O2. The molecule has 2 aromatic carbocycles. The molecule has 0 radical (unpaired) electrons. The monoisotopic (exact) mass is 336 g/mol. The molecule has 2 aromatic rings. The van der Waals surface area contributed by atoms with Crippen molar-refractivity contribution in [3.8, 4) is 0 Å². The molecule has 0 bridgehead atoms. The lowest BCUT2D eigenvalue weighted by Crippen LogP contribution is -2.35. The van der Waals surface area contributed by atoms with E-state index in [0.29, 0.717) is 5.69 Å². The Morgan fingerprint density at radius 3 is 2.36 bits per heavy atom. The number of imide groups is 1. The predicted molar refractivity (Wildman–Crippen MR) is 101 cm³/mol. The first-order valence-corrected chi connectivity index (χ1v) is 8.71. The lowest BCUT2D eigenvalue weighted by Gasteiger charge is -2.20. The second-order valence-corrected chi connectivity index (χ2v) is 6.72. The van der Waals surface area contributed by atoms with Gasteiger partial charge in [0, 0.05) is 5.69 Å². The summed E-state index contributed by atoms with van der Waals surface area (Å²) < 4.78 is 0. The van der Waals surface area contributed by atoms with E-state index in [1.54, 1.807) is 0 Å². The number of para-hydroxylation sites is 1. The lowest BCUT2D eigenvalue weighted by molar-refractivity contribution is -0.121. The Bertz CT molecular complexity index is 819. The van der Waals surface area contributed by atoms with Gasteiger partial charge in [-0.05, 0) is 49.9 Å². The van der Waals surface area contributed by atoms with Crippen molar-refractivity contribution >= 4 is 23.2 Å². The molecule has 0 aromatic heterocycles. The Morgan fingerprint density at radius 2 is 1.72 bits per heavy atom. The van der Waals surface area contributed by atoms with Crippen LogP contribution in [0.25, 0.3) is 0 Å². The van der Waals surface area contributed by atoms with Crippen LogP contribution in [0, 0.1) is 20.8 Å². The molecule has 3 rings (SSSR count). The van der Waals surface area contributed by atoms with Gasteiger partial charge in [0.15, 0.2) is 0 Å². The zero-order valence-corrected chi connectivity index (χ0v) is 15.2. The molecule has 130 valence electrons. The third kappa shape index (κ3) is 3.16. The fourth-order valence-corrected chi connectivity index (χ4v) is 3.61. The molecule has 0 aliphatic carbocycles. The highest BCUT2D eigenvalue weighted by molar-refractivity contribution is 6.23. The van der Waals surface area contributed by atoms with E-state index < -0.39 is 6.04 Å². The molecular weight excluding hydrogens is 312 g/mol. The molecule has 4 nitrogen and oxygen atoms in total. The standard InChI is InChI=1S/C21H24N2O2/c1-5-16-8-6-7-9-18(16)23-19(24)12-17(21(23)25)22-20-14(3)10-13(2)11-15(20)4/h6-11,17,22H,5,12H2,1-4H3/t17-/m1/s1. The Morgan fingerprint density at radius 1 is 1.08 bits per heavy atom. The summed E-state index contributed by atoms with van der Waals surface area (Å²) in [5.74, 6) is -0.323. The van der Waals surface area contributed by atoms with Crippen LogP contribution in [0.4, 0.5) is 11.4 Å². The van der Waals surface area contributed by atoms with E-state index in [4.69, 9.17) is 0 Å². The van der Waals surface area contributed by atoms with Crippen LogP contribution in [-0.2, 0) is 16.0 Å². The number of nitrogens with one attached hydrogen (secondary N) is 1. The number of carbonyl (C=O) groups excluding carboxylic acids is 2. The van der Waals surface area contributed by atoms with E-state index in [9.17, 15) is 9.59 Å². The van der Waals surface area contributed by atoms with Gasteiger partial charge in [-0.1, -0.05) is 42.8 Å². The molecule has 4 heteroatoms. The number of benzene rings is 2. The van der Waals surface area contributed by atoms with Crippen molar-refractivity contribution in [2.75, 3.05) is 10.2 Å². The molecule has 1 aliphatic rings. The van der Waals surface area contributed by atoms with Gasteiger partial charge in [0.1, 0.15) is 6.04 Å². The van der Waals surface area contributed by atoms with Gasteiger partial charge in [-0.3, -0.25) is 9.59 Å². The van der Waals surface area contributed by atoms with Gasteiger partial charge < -0.3 is 5.32 Å². The van der Waals surface area contributed by atoms with Crippen molar-refractivity contribution in [2.45, 2.75) is 46.6 Å². The number of rotatable bonds is 4. The zero-order chi connectivity index (χ0) is 18.1. The number of aryl methyl sites for hydroxylation is 4. The van der Waals surface area contributed by atoms with Crippen LogP contribution in [0.1, 0.15) is 35.6 Å². The van der Waals surface area contributed by atoms with Crippen molar-refractivity contribution in [2.24, 2.45) is 0 Å². The number of amides is 2. The summed E-state index contributed by atoms with van der Waals surface area (Å²) in [5.41, 5.74) is 6.03. The molecule has 25 heavy (non-hydrogen) atoms. The van der Waals surface area contributed by atoms with Crippen LogP contribution in [-0.4, -0.2) is 17.9 Å². The van der Waals surface area contributed by atoms with Crippen molar-refractivity contribution in [1.29, 1.82) is 0 Å². The first kappa shape index (κ1) is 17.2. The van der Waals surface area contributed by atoms with Crippen LogP contribution in [0.15, 0.2) is 36.4 Å². The average molecular weight is 336 g/mol. The van der Waals surface area contributed by atoms with Gasteiger partial charge in [0.2, 0.25) is 5.91 Å². The maximum Gasteiger partial charge on any atom is 0.256 e. The van der Waals surface area contributed by atoms with Crippen LogP contribution >= 0.6 is 0 Å². The highest BCUT2D eigenvalue weighted by Crippen LogP contribution is 2.30. The molecule has 1 saturated heterocycles. The minimum atomic E-state index is -0.516. The smallest absolute Gasteiger partial charge is 0.256 e. The molecule has 2 amide bonds. The van der Waals surface area contributed by atoms with E-state index in [2.05, 4.69) is 24.4 Å². The SMILES string of the molecule is CCc1ccccc1N1C(=O)C[C@@H](Nc2c(C)cc(C)cc2C)C1=O. The molecule has 1 N–H and O–H groups in total. The Kier molecular flexibility index (Phi) is 4.62. The van der Waals surface area contributed by atoms with Gasteiger partial charge >= 0.3 is 0 Å². The molecule has 1 atom stereocenters. The van der Waals surface area contributed by atoms with E-state index in [-0.39, 0.29) is 18.2 Å². The quantitative estimate of drug-likeness (QED) is 0.861. The first-order chi connectivity index (χ1) is 11.9. The second kappa shape index (κ2) is 6.71. The molecule has 1 aliphatic heterocycles. The van der Waals surface area contributed by atoms with Crippen molar-refractivity contribution in [1.82, 2.24) is 0 Å². The molecule has 1 fully saturated rings. The van der Waals surface area contributed by atoms with Gasteiger partial charge in [-0.2, -0.15) is 0 Å². The third-order valence-corrected chi connectivity index (χ3v) is 4.76. The fraction of sp³-hybridized carbons (Fsp3) is 0.333. The maximum absolute atomic E-state index is 12.9. The molecule has 1 heterocycles. The van der Waals surface area contributed by atoms with Gasteiger partial charge in [0.25, 0.3) is 5.91 Å². The summed E-state index contributed by atoms with van der Waals surface area (Å²) in [7, 11) is 0. The predicted octanol–water partition coefficient (Wildman–Crippen LogP) is 3.92. The third-order valence-electron chi connectivity index (χ3n) is 4.76. The van der Waals surface area contributed by atoms with Crippen LogP contribution in [0.3, 0.4) is 0 Å². The molecule has 0 spiro atoms. The summed E-state index contributed by atoms with van der Waals surface area (Å²) >= 11 is 0. The highest BCUT2D eigenvalue weighted by atomic mass is 16.2. The lowest BCUT2D eigenvalue weighted by atomic mass is 10.0. The second-order valence-electron chi connectivity index (χ2n) is 6.72. The van der Waals surface area contributed by atoms with Crippen LogP contribution < -0.4 is 10.2 Å². The van der Waals surface area contributed by atoms with E-state index in [1.807, 2.05) is 45.0 Å². The van der Waals surface area contributed by atoms with Crippen molar-refractivity contribution in [3.63, 3.8) is 0 Å². The minimum absolute atomic E-state index is 0.147. The largest absolute Gasteiger partial charge is 0.373 e. The van der Waals surface area contributed by atoms with Crippen molar-refractivity contribution in [3.05, 3.63) is 58.7 Å². The normalized spacial score (nSPS) is 17.3. The number of hydrogen-bond donors (Lipinski definition) is 1. The molecule has 0 saturated carbocycles. The van der Waals surface area contributed by atoms with E-state index >= 15 is 0 Å². The summed E-state index contributed by atoms with van der Waals surface area (Å²) in [6, 6.07) is 11.3. The first-order valence-electron chi connectivity index (χ1n) is 8.71. The number of nitrogens with zero attached hydrogens (tertiary/aromatic N) is 1. The van der Waals surface area contributed by atoms with Gasteiger partial charge in [-0.25, -0.2) is 4.90 Å². The summed E-state index contributed by atoms with van der Waals surface area (Å²) in [5, 5.41) is 3.31. The molecule has 0 unspecified atom stereocenters. The maximum atomic E-state index is 12.9. The summed E-state index contributed by atoms with van der Waals surface area (Å²) in [6.45, 7) is 8.12. The van der Waals surface area contributed by atoms with Gasteiger partial charge in [0.05, 0.1) is 12.1 Å². The Hall–Kier alpha value is -2.62. The Labute approximate surface area is 148 Å². The van der Waals surface area contributed by atoms with Gasteiger partial charge in [-0.15, -0.1) is 0 Å². The van der Waals surface area contributed by atoms with Crippen LogP contribution in [0.2, 0.25) is 0 Å². The fourth-order valence-electron chi connectivity index (χ4n) is 3.61. The number of anilines is 2. The summed E-state index contributed by atoms with van der Waals surface area (Å²) in [4.78, 5) is 26.8.